The van der Waals surface area contributed by atoms with Crippen LogP contribution in [0.15, 0.2) is 83.4 Å². The van der Waals surface area contributed by atoms with Gasteiger partial charge in [-0.05, 0) is 93.3 Å². The van der Waals surface area contributed by atoms with E-state index in [9.17, 15) is 18.0 Å². The second kappa shape index (κ2) is 11.4. The molecule has 3 nitrogen and oxygen atoms in total. The van der Waals surface area contributed by atoms with Gasteiger partial charge in [0.1, 0.15) is 0 Å². The van der Waals surface area contributed by atoms with E-state index >= 15 is 0 Å². The van der Waals surface area contributed by atoms with Crippen LogP contribution in [0.4, 0.5) is 24.5 Å². The highest BCUT2D eigenvalue weighted by Crippen LogP contribution is 2.28. The van der Waals surface area contributed by atoms with Crippen molar-refractivity contribution in [3.05, 3.63) is 106 Å². The van der Waals surface area contributed by atoms with Gasteiger partial charge in [0.05, 0.1) is 16.4 Å². The van der Waals surface area contributed by atoms with Crippen molar-refractivity contribution in [1.29, 1.82) is 0 Å². The smallest absolute Gasteiger partial charge is 0.322 e. The lowest BCUT2D eigenvalue weighted by molar-refractivity contribution is -0.112. The number of allylic oxidation sites excluding steroid dienone is 4. The van der Waals surface area contributed by atoms with Crippen LogP contribution in [0.2, 0.25) is 5.02 Å². The summed E-state index contributed by atoms with van der Waals surface area (Å²) in [4.78, 5) is 17.5. The topological polar surface area (TPSA) is 41.5 Å². The predicted molar refractivity (Wildman–Crippen MR) is 140 cm³/mol. The third kappa shape index (κ3) is 7.30. The molecule has 1 amide bonds. The maximum atomic E-state index is 12.8. The summed E-state index contributed by atoms with van der Waals surface area (Å²) in [5, 5.41) is 3.10. The van der Waals surface area contributed by atoms with Gasteiger partial charge >= 0.3 is 6.18 Å². The highest BCUT2D eigenvalue weighted by Gasteiger charge is 2.29. The standard InChI is InChI=1S/C28H28ClF3N2O/c1-8-25(34-26-14-18(5)17(4)13-19(26)6)23-15-21(10-12-24(23)29)33-27(35)22(16(2)3)11-9-20(7)28(30,31)32/h8-15H,1-2H2,3-7H3,(H,33,35)/b20-9+,22-11+,34-25?. The molecule has 2 rings (SSSR count). The number of nitrogens with zero attached hydrogens (tertiary/aromatic N) is 1. The molecule has 0 atom stereocenters. The van der Waals surface area contributed by atoms with E-state index in [1.54, 1.807) is 31.2 Å². The Morgan fingerprint density at radius 3 is 2.23 bits per heavy atom. The van der Waals surface area contributed by atoms with E-state index in [4.69, 9.17) is 16.6 Å². The van der Waals surface area contributed by atoms with Crippen molar-refractivity contribution in [3.63, 3.8) is 0 Å². The molecule has 0 spiro atoms. The Morgan fingerprint density at radius 1 is 1.03 bits per heavy atom. The van der Waals surface area contributed by atoms with E-state index in [-0.39, 0.29) is 5.57 Å². The number of carbonyl (C=O) groups excluding carboxylic acids is 1. The summed E-state index contributed by atoms with van der Waals surface area (Å²) in [6, 6.07) is 8.88. The quantitative estimate of drug-likeness (QED) is 0.231. The van der Waals surface area contributed by atoms with Crippen molar-refractivity contribution in [2.75, 3.05) is 5.32 Å². The molecule has 184 valence electrons. The highest BCUT2D eigenvalue weighted by atomic mass is 35.5. The first-order valence-corrected chi connectivity index (χ1v) is 11.1. The third-order valence-corrected chi connectivity index (χ3v) is 5.73. The van der Waals surface area contributed by atoms with Gasteiger partial charge in [0, 0.05) is 22.4 Å². The summed E-state index contributed by atoms with van der Waals surface area (Å²) >= 11 is 6.43. The number of anilines is 1. The minimum Gasteiger partial charge on any atom is -0.322 e. The molecule has 0 unspecified atom stereocenters. The minimum atomic E-state index is -4.48. The molecular formula is C28H28ClF3N2O. The molecule has 0 aromatic heterocycles. The van der Waals surface area contributed by atoms with E-state index in [1.807, 2.05) is 32.9 Å². The summed E-state index contributed by atoms with van der Waals surface area (Å²) in [5.41, 5.74) is 4.98. The SMILES string of the molecule is C=CC(=Nc1cc(C)c(C)cc1C)c1cc(NC(=O)/C(=C/C=C(\C)C(F)(F)F)C(=C)C)ccc1Cl. The summed E-state index contributed by atoms with van der Waals surface area (Å²) < 4.78 is 38.4. The lowest BCUT2D eigenvalue weighted by atomic mass is 10.0. The highest BCUT2D eigenvalue weighted by molar-refractivity contribution is 6.35. The molecule has 0 aliphatic heterocycles. The van der Waals surface area contributed by atoms with Crippen LogP contribution >= 0.6 is 11.6 Å². The monoisotopic (exact) mass is 500 g/mol. The second-order valence-electron chi connectivity index (χ2n) is 8.28. The Morgan fingerprint density at radius 2 is 1.66 bits per heavy atom. The summed E-state index contributed by atoms with van der Waals surface area (Å²) in [7, 11) is 0. The van der Waals surface area contributed by atoms with Crippen molar-refractivity contribution >= 4 is 34.6 Å². The van der Waals surface area contributed by atoms with Crippen LogP contribution in [0.3, 0.4) is 0 Å². The molecule has 7 heteroatoms. The van der Waals surface area contributed by atoms with E-state index in [2.05, 4.69) is 18.5 Å². The molecule has 0 heterocycles. The Balaban J connectivity index is 2.44. The van der Waals surface area contributed by atoms with Crippen molar-refractivity contribution in [2.45, 2.75) is 40.8 Å². The number of alkyl halides is 3. The number of hydrogen-bond acceptors (Lipinski definition) is 2. The van der Waals surface area contributed by atoms with Crippen LogP contribution in [-0.2, 0) is 4.79 Å². The van der Waals surface area contributed by atoms with Gasteiger partial charge in [0.2, 0.25) is 0 Å². The molecule has 0 radical (unpaired) electrons. The van der Waals surface area contributed by atoms with Gasteiger partial charge in [0.25, 0.3) is 5.91 Å². The Hall–Kier alpha value is -3.38. The number of amides is 1. The Labute approximate surface area is 209 Å². The van der Waals surface area contributed by atoms with Gasteiger partial charge in [-0.1, -0.05) is 36.9 Å². The molecule has 35 heavy (non-hydrogen) atoms. The molecule has 0 fully saturated rings. The van der Waals surface area contributed by atoms with Crippen molar-refractivity contribution in [2.24, 2.45) is 4.99 Å². The first kappa shape index (κ1) is 27.9. The average Bonchev–Trinajstić information content (AvgIpc) is 2.76. The predicted octanol–water partition coefficient (Wildman–Crippen LogP) is 8.52. The summed E-state index contributed by atoms with van der Waals surface area (Å²) in [6.07, 6.45) is -0.944. The summed E-state index contributed by atoms with van der Waals surface area (Å²) in [5.74, 6) is -0.598. The zero-order chi connectivity index (χ0) is 26.5. The molecule has 2 aromatic rings. The van der Waals surface area contributed by atoms with Crippen LogP contribution in [0.1, 0.15) is 36.1 Å². The number of rotatable bonds is 7. The minimum absolute atomic E-state index is 0.0217. The molecule has 0 bridgehead atoms. The first-order valence-electron chi connectivity index (χ1n) is 10.8. The van der Waals surface area contributed by atoms with Crippen LogP contribution in [0.25, 0.3) is 0 Å². The Bertz CT molecular complexity index is 1270. The van der Waals surface area contributed by atoms with E-state index in [0.717, 1.165) is 41.5 Å². The van der Waals surface area contributed by atoms with Gasteiger partial charge in [-0.15, -0.1) is 0 Å². The largest absolute Gasteiger partial charge is 0.412 e. The molecule has 0 aliphatic rings. The molecule has 2 aromatic carbocycles. The molecule has 0 saturated heterocycles. The van der Waals surface area contributed by atoms with Crippen molar-refractivity contribution < 1.29 is 18.0 Å². The molecule has 1 N–H and O–H groups in total. The fourth-order valence-corrected chi connectivity index (χ4v) is 3.34. The van der Waals surface area contributed by atoms with Gasteiger partial charge in [0.15, 0.2) is 0 Å². The zero-order valence-electron chi connectivity index (χ0n) is 20.4. The zero-order valence-corrected chi connectivity index (χ0v) is 21.2. The number of aryl methyl sites for hydroxylation is 3. The van der Waals surface area contributed by atoms with Crippen molar-refractivity contribution in [1.82, 2.24) is 0 Å². The number of hydrogen-bond donors (Lipinski definition) is 1. The fraction of sp³-hybridized carbons (Fsp3) is 0.214. The molecule has 0 saturated carbocycles. The first-order chi connectivity index (χ1) is 16.2. The van der Waals surface area contributed by atoms with Gasteiger partial charge in [-0.25, -0.2) is 4.99 Å². The van der Waals surface area contributed by atoms with E-state index < -0.39 is 17.7 Å². The molecular weight excluding hydrogens is 473 g/mol. The number of aliphatic imine (C=N–C) groups is 1. The average molecular weight is 501 g/mol. The van der Waals surface area contributed by atoms with Crippen LogP contribution in [0, 0.1) is 20.8 Å². The van der Waals surface area contributed by atoms with Crippen molar-refractivity contribution in [3.8, 4) is 0 Å². The maximum Gasteiger partial charge on any atom is 0.412 e. The number of benzene rings is 2. The lowest BCUT2D eigenvalue weighted by Gasteiger charge is -2.12. The van der Waals surface area contributed by atoms with E-state index in [1.165, 1.54) is 0 Å². The lowest BCUT2D eigenvalue weighted by Crippen LogP contribution is -2.16. The number of carbonyl (C=O) groups is 1. The van der Waals surface area contributed by atoms with Gasteiger partial charge in [-0.2, -0.15) is 13.2 Å². The maximum absolute atomic E-state index is 12.8. The Kier molecular flexibility index (Phi) is 9.05. The van der Waals surface area contributed by atoms with Gasteiger partial charge < -0.3 is 5.32 Å². The van der Waals surface area contributed by atoms with Crippen LogP contribution in [0.5, 0.6) is 0 Å². The van der Waals surface area contributed by atoms with E-state index in [0.29, 0.717) is 27.6 Å². The second-order valence-corrected chi connectivity index (χ2v) is 8.69. The third-order valence-electron chi connectivity index (χ3n) is 5.40. The van der Waals surface area contributed by atoms with Crippen LogP contribution in [-0.4, -0.2) is 17.8 Å². The van der Waals surface area contributed by atoms with Crippen LogP contribution < -0.4 is 5.32 Å². The fourth-order valence-electron chi connectivity index (χ4n) is 3.12. The van der Waals surface area contributed by atoms with Gasteiger partial charge in [-0.3, -0.25) is 4.79 Å². The summed E-state index contributed by atoms with van der Waals surface area (Å²) in [6.45, 7) is 16.0. The number of halogens is 4. The molecule has 0 aliphatic carbocycles. The normalized spacial score (nSPS) is 13.0. The number of nitrogens with one attached hydrogen (secondary N) is 1.